The Kier molecular flexibility index (Phi) is 4.26. The molecule has 2 rings (SSSR count). The first kappa shape index (κ1) is 14.1. The van der Waals surface area contributed by atoms with Gasteiger partial charge in [-0.15, -0.1) is 0 Å². The molecule has 3 unspecified atom stereocenters. The van der Waals surface area contributed by atoms with E-state index in [1.807, 2.05) is 0 Å². The second-order valence-electron chi connectivity index (χ2n) is 5.07. The van der Waals surface area contributed by atoms with Crippen LogP contribution in [0.25, 0.3) is 0 Å². The van der Waals surface area contributed by atoms with Crippen LogP contribution in [-0.4, -0.2) is 79.5 Å². The van der Waals surface area contributed by atoms with Crippen molar-refractivity contribution in [2.75, 3.05) is 40.5 Å². The van der Waals surface area contributed by atoms with E-state index >= 15 is 0 Å². The Balaban J connectivity index is 1.99. The van der Waals surface area contributed by atoms with Crippen LogP contribution in [0.4, 0.5) is 4.79 Å². The number of carbonyl (C=O) groups is 2. The molecule has 0 aromatic rings. The molecule has 108 valence electrons. The molecule has 0 aromatic carbocycles. The number of urea groups is 1. The molecule has 3 atom stereocenters. The molecule has 0 saturated carbocycles. The zero-order valence-electron chi connectivity index (χ0n) is 11.2. The predicted octanol–water partition coefficient (Wildman–Crippen LogP) is -0.141. The maximum atomic E-state index is 12.3. The average Bonchev–Trinajstić information content (AvgIpc) is 3.06. The molecule has 2 heterocycles. The molecule has 0 bridgehead atoms. The third-order valence-electron chi connectivity index (χ3n) is 3.92. The molecule has 2 aliphatic rings. The molecule has 19 heavy (non-hydrogen) atoms. The third-order valence-corrected chi connectivity index (χ3v) is 3.92. The third kappa shape index (κ3) is 2.82. The SMILES string of the molecule is CN(C(=O)N(C)C1COCC1C(=O)O)C1CCOC1. The molecule has 7 heteroatoms. The van der Waals surface area contributed by atoms with Gasteiger partial charge in [0, 0.05) is 20.7 Å². The number of hydrogen-bond donors (Lipinski definition) is 1. The van der Waals surface area contributed by atoms with Gasteiger partial charge in [-0.05, 0) is 6.42 Å². The number of carboxylic acid groups (broad SMARTS) is 1. The smallest absolute Gasteiger partial charge is 0.320 e. The lowest BCUT2D eigenvalue weighted by molar-refractivity contribution is -0.142. The van der Waals surface area contributed by atoms with Crippen LogP contribution >= 0.6 is 0 Å². The van der Waals surface area contributed by atoms with Gasteiger partial charge in [0.25, 0.3) is 0 Å². The lowest BCUT2D eigenvalue weighted by Crippen LogP contribution is -2.51. The molecule has 0 radical (unpaired) electrons. The number of likely N-dealkylation sites (N-methyl/N-ethyl adjacent to an activating group) is 2. The highest BCUT2D eigenvalue weighted by atomic mass is 16.5. The Morgan fingerprint density at radius 2 is 1.84 bits per heavy atom. The van der Waals surface area contributed by atoms with E-state index < -0.39 is 17.9 Å². The number of hydrogen-bond acceptors (Lipinski definition) is 4. The second kappa shape index (κ2) is 5.75. The minimum atomic E-state index is -0.922. The Hall–Kier alpha value is -1.34. The summed E-state index contributed by atoms with van der Waals surface area (Å²) in [6.45, 7) is 1.64. The van der Waals surface area contributed by atoms with Gasteiger partial charge in [0.15, 0.2) is 0 Å². The van der Waals surface area contributed by atoms with Gasteiger partial charge < -0.3 is 24.4 Å². The average molecular weight is 272 g/mol. The number of carboxylic acids is 1. The van der Waals surface area contributed by atoms with Crippen LogP contribution < -0.4 is 0 Å². The van der Waals surface area contributed by atoms with Crippen molar-refractivity contribution in [2.24, 2.45) is 5.92 Å². The van der Waals surface area contributed by atoms with Gasteiger partial charge in [-0.2, -0.15) is 0 Å². The Bertz CT molecular complexity index is 356. The van der Waals surface area contributed by atoms with E-state index in [4.69, 9.17) is 14.6 Å². The Labute approximate surface area is 112 Å². The fourth-order valence-electron chi connectivity index (χ4n) is 2.53. The maximum Gasteiger partial charge on any atom is 0.320 e. The number of rotatable bonds is 3. The van der Waals surface area contributed by atoms with Crippen LogP contribution in [-0.2, 0) is 14.3 Å². The summed E-state index contributed by atoms with van der Waals surface area (Å²) >= 11 is 0. The van der Waals surface area contributed by atoms with Crippen molar-refractivity contribution in [2.45, 2.75) is 18.5 Å². The predicted molar refractivity (Wildman–Crippen MR) is 65.9 cm³/mol. The van der Waals surface area contributed by atoms with Gasteiger partial charge in [0.1, 0.15) is 5.92 Å². The highest BCUT2D eigenvalue weighted by Crippen LogP contribution is 2.21. The molecular weight excluding hydrogens is 252 g/mol. The largest absolute Gasteiger partial charge is 0.481 e. The quantitative estimate of drug-likeness (QED) is 0.773. The zero-order chi connectivity index (χ0) is 14.0. The molecular formula is C12H20N2O5. The molecule has 2 aliphatic heterocycles. The van der Waals surface area contributed by atoms with E-state index in [1.165, 1.54) is 4.90 Å². The van der Waals surface area contributed by atoms with Gasteiger partial charge in [-0.3, -0.25) is 4.79 Å². The van der Waals surface area contributed by atoms with Crippen LogP contribution in [0.5, 0.6) is 0 Å². The van der Waals surface area contributed by atoms with E-state index in [1.54, 1.807) is 19.0 Å². The highest BCUT2D eigenvalue weighted by molar-refractivity contribution is 5.77. The fourth-order valence-corrected chi connectivity index (χ4v) is 2.53. The summed E-state index contributed by atoms with van der Waals surface area (Å²) in [7, 11) is 3.35. The van der Waals surface area contributed by atoms with Gasteiger partial charge in [-0.1, -0.05) is 0 Å². The zero-order valence-corrected chi connectivity index (χ0v) is 11.2. The Morgan fingerprint density at radius 3 is 2.42 bits per heavy atom. The van der Waals surface area contributed by atoms with Crippen molar-refractivity contribution >= 4 is 12.0 Å². The summed E-state index contributed by atoms with van der Waals surface area (Å²) in [6.07, 6.45) is 0.819. The summed E-state index contributed by atoms with van der Waals surface area (Å²) in [4.78, 5) is 26.6. The van der Waals surface area contributed by atoms with Gasteiger partial charge in [-0.25, -0.2) is 4.79 Å². The van der Waals surface area contributed by atoms with E-state index in [0.717, 1.165) is 6.42 Å². The van der Waals surface area contributed by atoms with Crippen molar-refractivity contribution in [3.05, 3.63) is 0 Å². The second-order valence-corrected chi connectivity index (χ2v) is 5.07. The van der Waals surface area contributed by atoms with Crippen molar-refractivity contribution in [3.8, 4) is 0 Å². The summed E-state index contributed by atoms with van der Waals surface area (Å²) in [5.41, 5.74) is 0. The first-order valence-electron chi connectivity index (χ1n) is 6.40. The number of ether oxygens (including phenoxy) is 2. The monoisotopic (exact) mass is 272 g/mol. The molecule has 2 saturated heterocycles. The summed E-state index contributed by atoms with van der Waals surface area (Å²) in [6, 6.07) is -0.521. The first-order chi connectivity index (χ1) is 9.02. The van der Waals surface area contributed by atoms with Crippen LogP contribution in [0.1, 0.15) is 6.42 Å². The summed E-state index contributed by atoms with van der Waals surface area (Å²) in [5.74, 6) is -1.57. The molecule has 2 fully saturated rings. The molecule has 2 amide bonds. The number of nitrogens with zero attached hydrogens (tertiary/aromatic N) is 2. The van der Waals surface area contributed by atoms with E-state index in [-0.39, 0.29) is 25.3 Å². The summed E-state index contributed by atoms with van der Waals surface area (Å²) < 4.78 is 10.5. The lowest BCUT2D eigenvalue weighted by Gasteiger charge is -2.33. The molecule has 1 N–H and O–H groups in total. The first-order valence-corrected chi connectivity index (χ1v) is 6.40. The maximum absolute atomic E-state index is 12.3. The molecule has 0 aromatic heterocycles. The van der Waals surface area contributed by atoms with Crippen molar-refractivity contribution in [1.82, 2.24) is 9.80 Å². The van der Waals surface area contributed by atoms with Crippen molar-refractivity contribution in [3.63, 3.8) is 0 Å². The number of carbonyl (C=O) groups excluding carboxylic acids is 1. The van der Waals surface area contributed by atoms with Gasteiger partial charge in [0.2, 0.25) is 0 Å². The van der Waals surface area contributed by atoms with E-state index in [0.29, 0.717) is 13.2 Å². The number of aliphatic carboxylic acids is 1. The normalized spacial score (nSPS) is 30.3. The topological polar surface area (TPSA) is 79.3 Å². The fraction of sp³-hybridized carbons (Fsp3) is 0.833. The standard InChI is InChI=1S/C12H20N2O5/c1-13(8-3-4-18-5-8)12(17)14(2)10-7-19-6-9(10)11(15)16/h8-10H,3-7H2,1-2H3,(H,15,16). The van der Waals surface area contributed by atoms with Crippen molar-refractivity contribution < 1.29 is 24.2 Å². The molecule has 0 aliphatic carbocycles. The van der Waals surface area contributed by atoms with Gasteiger partial charge in [0.05, 0.1) is 31.9 Å². The molecule has 0 spiro atoms. The van der Waals surface area contributed by atoms with Crippen LogP contribution in [0.3, 0.4) is 0 Å². The van der Waals surface area contributed by atoms with Crippen LogP contribution in [0.2, 0.25) is 0 Å². The van der Waals surface area contributed by atoms with E-state index in [2.05, 4.69) is 0 Å². The lowest BCUT2D eigenvalue weighted by atomic mass is 10.0. The van der Waals surface area contributed by atoms with Crippen LogP contribution in [0.15, 0.2) is 0 Å². The van der Waals surface area contributed by atoms with Crippen molar-refractivity contribution in [1.29, 1.82) is 0 Å². The summed E-state index contributed by atoms with van der Waals surface area (Å²) in [5, 5.41) is 9.11. The highest BCUT2D eigenvalue weighted by Gasteiger charge is 2.40. The minimum Gasteiger partial charge on any atom is -0.481 e. The minimum absolute atomic E-state index is 0.0700. The number of amides is 2. The molecule has 7 nitrogen and oxygen atoms in total. The Morgan fingerprint density at radius 1 is 1.11 bits per heavy atom. The van der Waals surface area contributed by atoms with Gasteiger partial charge >= 0.3 is 12.0 Å². The van der Waals surface area contributed by atoms with Crippen LogP contribution in [0, 0.1) is 5.92 Å². The van der Waals surface area contributed by atoms with E-state index in [9.17, 15) is 9.59 Å².